The van der Waals surface area contributed by atoms with Crippen molar-refractivity contribution in [2.24, 2.45) is 0 Å². The lowest BCUT2D eigenvalue weighted by atomic mass is 10.1. The number of ether oxygens (including phenoxy) is 2. The van der Waals surface area contributed by atoms with Gasteiger partial charge in [-0.05, 0) is 41.8 Å². The van der Waals surface area contributed by atoms with E-state index in [-0.39, 0.29) is 33.5 Å². The van der Waals surface area contributed by atoms with Crippen molar-refractivity contribution < 1.29 is 37.4 Å². The van der Waals surface area contributed by atoms with Crippen LogP contribution in [-0.4, -0.2) is 44.4 Å². The lowest BCUT2D eigenvalue weighted by molar-refractivity contribution is -0.118. The van der Waals surface area contributed by atoms with E-state index >= 15 is 0 Å². The number of fused-ring (bicyclic) bond motifs is 1. The van der Waals surface area contributed by atoms with Gasteiger partial charge in [0.2, 0.25) is 0 Å². The van der Waals surface area contributed by atoms with Crippen LogP contribution in [0.2, 0.25) is 0 Å². The molecule has 0 atom stereocenters. The van der Waals surface area contributed by atoms with Crippen LogP contribution in [-0.2, 0) is 19.6 Å². The number of Topliss-reactive ketones (excluding diaryl/α,β-unsaturated/α-hetero) is 1. The monoisotopic (exact) mass is 488 g/mol. The molecule has 10 nitrogen and oxygen atoms in total. The standard InChI is InChI=1S/C21H16N2O8S2/c24-16-9-13(23-33(28,29)20-2-1-7-32-20)4-5-14(16)21(27)31-10-17(25)12-3-6-18-15(8-12)22-19(26)11-30-18/h1-9,23-24H,10-11H2,(H,22,26). The summed E-state index contributed by atoms with van der Waals surface area (Å²) in [5.41, 5.74) is 0.330. The second-order valence-electron chi connectivity index (χ2n) is 6.82. The minimum atomic E-state index is -3.82. The zero-order valence-corrected chi connectivity index (χ0v) is 18.4. The Morgan fingerprint density at radius 3 is 2.73 bits per heavy atom. The minimum Gasteiger partial charge on any atom is -0.507 e. The second-order valence-corrected chi connectivity index (χ2v) is 9.67. The third kappa shape index (κ3) is 4.96. The van der Waals surface area contributed by atoms with Crippen LogP contribution in [0.25, 0.3) is 0 Å². The summed E-state index contributed by atoms with van der Waals surface area (Å²) in [5, 5.41) is 14.3. The largest absolute Gasteiger partial charge is 0.507 e. The van der Waals surface area contributed by atoms with Gasteiger partial charge in [0.25, 0.3) is 15.9 Å². The summed E-state index contributed by atoms with van der Waals surface area (Å²) in [6, 6.07) is 11.0. The van der Waals surface area contributed by atoms with Crippen LogP contribution in [0.5, 0.6) is 11.5 Å². The van der Waals surface area contributed by atoms with Crippen LogP contribution in [0.15, 0.2) is 58.1 Å². The lowest BCUT2D eigenvalue weighted by Gasteiger charge is -2.18. The molecule has 1 aromatic heterocycles. The Morgan fingerprint density at radius 1 is 1.18 bits per heavy atom. The van der Waals surface area contributed by atoms with Crippen LogP contribution >= 0.6 is 11.3 Å². The maximum absolute atomic E-state index is 12.4. The van der Waals surface area contributed by atoms with E-state index in [1.807, 2.05) is 0 Å². The number of nitrogens with one attached hydrogen (secondary N) is 2. The Labute approximate surface area is 191 Å². The summed E-state index contributed by atoms with van der Waals surface area (Å²) in [6.07, 6.45) is 0. The quantitative estimate of drug-likeness (QED) is 0.340. The number of thiophene rings is 1. The highest BCUT2D eigenvalue weighted by Crippen LogP contribution is 2.29. The molecule has 0 unspecified atom stereocenters. The van der Waals surface area contributed by atoms with Crippen molar-refractivity contribution in [2.45, 2.75) is 4.21 Å². The molecular weight excluding hydrogens is 472 g/mol. The van der Waals surface area contributed by atoms with Gasteiger partial charge in [0.05, 0.1) is 11.4 Å². The van der Waals surface area contributed by atoms with E-state index in [0.29, 0.717) is 11.4 Å². The first kappa shape index (κ1) is 22.3. The second kappa shape index (κ2) is 8.92. The molecular formula is C21H16N2O8S2. The molecule has 2 heterocycles. The third-order valence-corrected chi connectivity index (χ3v) is 7.28. The Bertz CT molecular complexity index is 1350. The first-order valence-corrected chi connectivity index (χ1v) is 11.8. The molecule has 3 N–H and O–H groups in total. The van der Waals surface area contributed by atoms with Crippen molar-refractivity contribution in [1.29, 1.82) is 0 Å². The molecule has 0 aliphatic carbocycles. The number of anilines is 2. The molecule has 3 aromatic rings. The summed E-state index contributed by atoms with van der Waals surface area (Å²) in [5.74, 6) is -1.96. The van der Waals surface area contributed by atoms with Crippen LogP contribution in [0.3, 0.4) is 0 Å². The normalized spacial score (nSPS) is 12.8. The van der Waals surface area contributed by atoms with Crippen molar-refractivity contribution in [3.63, 3.8) is 0 Å². The number of phenols is 1. The molecule has 33 heavy (non-hydrogen) atoms. The van der Waals surface area contributed by atoms with Gasteiger partial charge in [0.15, 0.2) is 19.0 Å². The molecule has 1 amide bonds. The molecule has 0 radical (unpaired) electrons. The maximum atomic E-state index is 12.4. The van der Waals surface area contributed by atoms with Gasteiger partial charge >= 0.3 is 5.97 Å². The number of esters is 1. The SMILES string of the molecule is O=C1COc2ccc(C(=O)COC(=O)c3ccc(NS(=O)(=O)c4cccs4)cc3O)cc2N1. The highest BCUT2D eigenvalue weighted by atomic mass is 32.2. The molecule has 1 aliphatic rings. The molecule has 0 saturated carbocycles. The molecule has 0 saturated heterocycles. The molecule has 1 aliphatic heterocycles. The Morgan fingerprint density at radius 2 is 2.00 bits per heavy atom. The number of sulfonamides is 1. The van der Waals surface area contributed by atoms with Gasteiger partial charge in [0, 0.05) is 11.6 Å². The van der Waals surface area contributed by atoms with E-state index < -0.39 is 34.1 Å². The Balaban J connectivity index is 1.40. The number of amides is 1. The number of benzene rings is 2. The summed E-state index contributed by atoms with van der Waals surface area (Å²) < 4.78 is 37.1. The highest BCUT2D eigenvalue weighted by molar-refractivity contribution is 7.94. The molecule has 0 fully saturated rings. The third-order valence-electron chi connectivity index (χ3n) is 4.50. The van der Waals surface area contributed by atoms with Crippen molar-refractivity contribution >= 4 is 50.4 Å². The first-order valence-electron chi connectivity index (χ1n) is 9.39. The summed E-state index contributed by atoms with van der Waals surface area (Å²) in [6.45, 7) is -0.728. The predicted molar refractivity (Wildman–Crippen MR) is 118 cm³/mol. The number of hydrogen-bond donors (Lipinski definition) is 3. The highest BCUT2D eigenvalue weighted by Gasteiger charge is 2.21. The first-order chi connectivity index (χ1) is 15.7. The number of carbonyl (C=O) groups excluding carboxylic acids is 3. The van der Waals surface area contributed by atoms with E-state index in [2.05, 4.69) is 10.0 Å². The van der Waals surface area contributed by atoms with Crippen molar-refractivity contribution in [3.8, 4) is 11.5 Å². The molecule has 2 aromatic carbocycles. The molecule has 0 bridgehead atoms. The molecule has 170 valence electrons. The number of rotatable bonds is 7. The van der Waals surface area contributed by atoms with Gasteiger partial charge in [-0.1, -0.05) is 6.07 Å². The minimum absolute atomic E-state index is 0.0480. The van der Waals surface area contributed by atoms with Gasteiger partial charge in [0.1, 0.15) is 21.3 Å². The maximum Gasteiger partial charge on any atom is 0.342 e. The number of carbonyl (C=O) groups is 3. The van der Waals surface area contributed by atoms with Crippen LogP contribution in [0, 0.1) is 0 Å². The summed E-state index contributed by atoms with van der Waals surface area (Å²) in [4.78, 5) is 36.1. The fraction of sp³-hybridized carbons (Fsp3) is 0.0952. The van der Waals surface area contributed by atoms with Crippen LogP contribution < -0.4 is 14.8 Å². The Hall–Kier alpha value is -3.90. The van der Waals surface area contributed by atoms with E-state index in [1.54, 1.807) is 11.4 Å². The van der Waals surface area contributed by atoms with E-state index in [0.717, 1.165) is 17.4 Å². The van der Waals surface area contributed by atoms with Gasteiger partial charge in [-0.2, -0.15) is 0 Å². The number of hydrogen-bond acceptors (Lipinski definition) is 9. The van der Waals surface area contributed by atoms with Crippen molar-refractivity contribution in [3.05, 3.63) is 65.0 Å². The van der Waals surface area contributed by atoms with Gasteiger partial charge in [-0.25, -0.2) is 13.2 Å². The van der Waals surface area contributed by atoms with E-state index in [1.165, 1.54) is 36.4 Å². The zero-order chi connectivity index (χ0) is 23.6. The van der Waals surface area contributed by atoms with Crippen LogP contribution in [0.4, 0.5) is 11.4 Å². The van der Waals surface area contributed by atoms with Crippen molar-refractivity contribution in [2.75, 3.05) is 23.3 Å². The fourth-order valence-electron chi connectivity index (χ4n) is 2.94. The van der Waals surface area contributed by atoms with Gasteiger partial charge < -0.3 is 19.9 Å². The number of ketones is 1. The molecule has 12 heteroatoms. The number of phenolic OH excluding ortho intramolecular Hbond substituents is 1. The average molecular weight is 488 g/mol. The van der Waals surface area contributed by atoms with Gasteiger partial charge in [-0.15, -0.1) is 11.3 Å². The fourth-order valence-corrected chi connectivity index (χ4v) is 4.98. The Kier molecular flexibility index (Phi) is 6.03. The summed E-state index contributed by atoms with van der Waals surface area (Å²) >= 11 is 1.03. The molecule has 4 rings (SSSR count). The van der Waals surface area contributed by atoms with E-state index in [9.17, 15) is 27.9 Å². The van der Waals surface area contributed by atoms with Gasteiger partial charge in [-0.3, -0.25) is 14.3 Å². The lowest BCUT2D eigenvalue weighted by Crippen LogP contribution is -2.25. The number of aromatic hydroxyl groups is 1. The predicted octanol–water partition coefficient (Wildman–Crippen LogP) is 2.63. The smallest absolute Gasteiger partial charge is 0.342 e. The zero-order valence-electron chi connectivity index (χ0n) is 16.7. The van der Waals surface area contributed by atoms with Crippen molar-refractivity contribution in [1.82, 2.24) is 0 Å². The topological polar surface area (TPSA) is 148 Å². The molecule has 0 spiro atoms. The summed E-state index contributed by atoms with van der Waals surface area (Å²) in [7, 11) is -3.82. The van der Waals surface area contributed by atoms with Crippen LogP contribution in [0.1, 0.15) is 20.7 Å². The van der Waals surface area contributed by atoms with E-state index in [4.69, 9.17) is 9.47 Å². The average Bonchev–Trinajstić information content (AvgIpc) is 3.32.